The van der Waals surface area contributed by atoms with E-state index < -0.39 is 0 Å². The zero-order chi connectivity index (χ0) is 8.10. The van der Waals surface area contributed by atoms with Crippen LogP contribution in [0, 0.1) is 0 Å². The van der Waals surface area contributed by atoms with Crippen LogP contribution in [-0.2, 0) is 16.0 Å². The lowest BCUT2D eigenvalue weighted by atomic mass is 10.3. The van der Waals surface area contributed by atoms with Gasteiger partial charge in [-0.05, 0) is 0 Å². The number of aromatic nitrogens is 2. The largest absolute Gasteiger partial charge is 0.468 e. The summed E-state index contributed by atoms with van der Waals surface area (Å²) in [5.41, 5.74) is 0.423. The lowest BCUT2D eigenvalue weighted by Crippen LogP contribution is -2.08. The Morgan fingerprint density at radius 1 is 1.64 bits per heavy atom. The SMILES string of the molecule is O=COCCc1c[nH][nH]c1=O. The van der Waals surface area contributed by atoms with Crippen LogP contribution in [0.3, 0.4) is 0 Å². The van der Waals surface area contributed by atoms with Gasteiger partial charge in [0, 0.05) is 18.2 Å². The Hall–Kier alpha value is -1.52. The van der Waals surface area contributed by atoms with Crippen molar-refractivity contribution in [2.45, 2.75) is 6.42 Å². The number of carbonyl (C=O) groups is 1. The van der Waals surface area contributed by atoms with Gasteiger partial charge in [0.05, 0.1) is 6.61 Å². The van der Waals surface area contributed by atoms with E-state index in [9.17, 15) is 9.59 Å². The molecule has 5 heteroatoms. The average Bonchev–Trinajstić information content (AvgIpc) is 2.37. The van der Waals surface area contributed by atoms with Crippen molar-refractivity contribution in [2.24, 2.45) is 0 Å². The number of H-pyrrole nitrogens is 2. The Morgan fingerprint density at radius 2 is 2.45 bits per heavy atom. The van der Waals surface area contributed by atoms with E-state index in [1.54, 1.807) is 6.20 Å². The summed E-state index contributed by atoms with van der Waals surface area (Å²) in [6.45, 7) is 0.602. The van der Waals surface area contributed by atoms with Gasteiger partial charge in [-0.3, -0.25) is 14.7 Å². The smallest absolute Gasteiger partial charge is 0.293 e. The van der Waals surface area contributed by atoms with Crippen LogP contribution in [0.25, 0.3) is 0 Å². The first-order valence-corrected chi connectivity index (χ1v) is 3.15. The minimum Gasteiger partial charge on any atom is -0.468 e. The fraction of sp³-hybridized carbons (Fsp3) is 0.333. The van der Waals surface area contributed by atoms with Crippen LogP contribution in [0.4, 0.5) is 0 Å². The standard InChI is InChI=1S/C6H8N2O3/c9-4-11-2-1-5-3-7-8-6(5)10/h3-4H,1-2H2,(H2,7,8,10). The Kier molecular flexibility index (Phi) is 2.48. The fourth-order valence-electron chi connectivity index (χ4n) is 0.737. The fourth-order valence-corrected chi connectivity index (χ4v) is 0.737. The average molecular weight is 156 g/mol. The maximum absolute atomic E-state index is 10.8. The van der Waals surface area contributed by atoms with Crippen LogP contribution >= 0.6 is 0 Å². The van der Waals surface area contributed by atoms with Crippen molar-refractivity contribution in [3.05, 3.63) is 22.1 Å². The quantitative estimate of drug-likeness (QED) is 0.452. The zero-order valence-corrected chi connectivity index (χ0v) is 5.79. The van der Waals surface area contributed by atoms with Crippen LogP contribution in [-0.4, -0.2) is 23.3 Å². The number of hydrogen-bond acceptors (Lipinski definition) is 3. The van der Waals surface area contributed by atoms with E-state index in [4.69, 9.17) is 0 Å². The second-order valence-electron chi connectivity index (χ2n) is 1.99. The molecule has 0 aromatic carbocycles. The van der Waals surface area contributed by atoms with Crippen molar-refractivity contribution < 1.29 is 9.53 Å². The lowest BCUT2D eigenvalue weighted by Gasteiger charge is -1.92. The molecule has 0 amide bonds. The van der Waals surface area contributed by atoms with Crippen LogP contribution in [0.15, 0.2) is 11.0 Å². The highest BCUT2D eigenvalue weighted by atomic mass is 16.5. The lowest BCUT2D eigenvalue weighted by molar-refractivity contribution is -0.128. The summed E-state index contributed by atoms with van der Waals surface area (Å²) >= 11 is 0. The molecule has 0 aliphatic heterocycles. The molecule has 5 nitrogen and oxygen atoms in total. The molecular formula is C6H8N2O3. The van der Waals surface area contributed by atoms with Gasteiger partial charge < -0.3 is 9.84 Å². The summed E-state index contributed by atoms with van der Waals surface area (Å²) in [4.78, 5) is 20.5. The summed E-state index contributed by atoms with van der Waals surface area (Å²) in [5, 5.41) is 4.91. The van der Waals surface area contributed by atoms with E-state index in [0.29, 0.717) is 18.5 Å². The molecule has 0 radical (unpaired) electrons. The number of hydrogen-bond donors (Lipinski definition) is 2. The normalized spacial score (nSPS) is 9.45. The van der Waals surface area contributed by atoms with E-state index in [1.165, 1.54) is 0 Å². The summed E-state index contributed by atoms with van der Waals surface area (Å²) in [5.74, 6) is 0. The topological polar surface area (TPSA) is 75.0 Å². The maximum atomic E-state index is 10.8. The van der Waals surface area contributed by atoms with Crippen molar-refractivity contribution in [1.29, 1.82) is 0 Å². The molecule has 11 heavy (non-hydrogen) atoms. The number of nitrogens with one attached hydrogen (secondary N) is 2. The number of rotatable bonds is 4. The molecule has 0 spiro atoms. The van der Waals surface area contributed by atoms with E-state index in [-0.39, 0.29) is 12.2 Å². The predicted molar refractivity (Wildman–Crippen MR) is 37.1 cm³/mol. The maximum Gasteiger partial charge on any atom is 0.293 e. The van der Waals surface area contributed by atoms with Gasteiger partial charge in [-0.25, -0.2) is 0 Å². The predicted octanol–water partition coefficient (Wildman–Crippen LogP) is -0.582. The van der Waals surface area contributed by atoms with Gasteiger partial charge in [0.2, 0.25) is 0 Å². The zero-order valence-electron chi connectivity index (χ0n) is 5.79. The Bertz CT molecular complexity index is 275. The Balaban J connectivity index is 2.44. The first-order chi connectivity index (χ1) is 5.34. The summed E-state index contributed by atoms with van der Waals surface area (Å²) < 4.78 is 4.41. The third-order valence-corrected chi connectivity index (χ3v) is 1.28. The first-order valence-electron chi connectivity index (χ1n) is 3.15. The minimum atomic E-state index is -0.167. The van der Waals surface area contributed by atoms with Crippen LogP contribution in [0.1, 0.15) is 5.56 Å². The molecule has 0 bridgehead atoms. The molecule has 0 unspecified atom stereocenters. The van der Waals surface area contributed by atoms with Crippen molar-refractivity contribution in [1.82, 2.24) is 10.2 Å². The van der Waals surface area contributed by atoms with Gasteiger partial charge in [-0.15, -0.1) is 0 Å². The number of aromatic amines is 2. The van der Waals surface area contributed by atoms with Crippen molar-refractivity contribution in [2.75, 3.05) is 6.61 Å². The van der Waals surface area contributed by atoms with Crippen molar-refractivity contribution in [3.8, 4) is 0 Å². The molecule has 0 saturated heterocycles. The van der Waals surface area contributed by atoms with Gasteiger partial charge >= 0.3 is 0 Å². The first kappa shape index (κ1) is 7.59. The molecule has 60 valence electrons. The molecule has 1 aromatic heterocycles. The van der Waals surface area contributed by atoms with Crippen LogP contribution in [0.2, 0.25) is 0 Å². The van der Waals surface area contributed by atoms with Gasteiger partial charge in [0.15, 0.2) is 0 Å². The molecule has 2 N–H and O–H groups in total. The van der Waals surface area contributed by atoms with Crippen LogP contribution < -0.4 is 5.56 Å². The van der Waals surface area contributed by atoms with E-state index in [2.05, 4.69) is 14.9 Å². The summed E-state index contributed by atoms with van der Waals surface area (Å²) in [7, 11) is 0. The van der Waals surface area contributed by atoms with E-state index in [0.717, 1.165) is 0 Å². The molecule has 0 aliphatic carbocycles. The third-order valence-electron chi connectivity index (χ3n) is 1.28. The minimum absolute atomic E-state index is 0.167. The number of ether oxygens (including phenoxy) is 1. The Labute approximate surface area is 62.4 Å². The molecular weight excluding hydrogens is 148 g/mol. The molecule has 0 atom stereocenters. The highest BCUT2D eigenvalue weighted by molar-refractivity contribution is 5.36. The number of carbonyl (C=O) groups excluding carboxylic acids is 1. The molecule has 0 saturated carbocycles. The second kappa shape index (κ2) is 3.60. The molecule has 1 aromatic rings. The second-order valence-corrected chi connectivity index (χ2v) is 1.99. The van der Waals surface area contributed by atoms with Crippen molar-refractivity contribution in [3.63, 3.8) is 0 Å². The van der Waals surface area contributed by atoms with Crippen LogP contribution in [0.5, 0.6) is 0 Å². The van der Waals surface area contributed by atoms with E-state index in [1.807, 2.05) is 0 Å². The van der Waals surface area contributed by atoms with Gasteiger partial charge in [-0.1, -0.05) is 0 Å². The summed E-state index contributed by atoms with van der Waals surface area (Å²) in [6.07, 6.45) is 1.99. The highest BCUT2D eigenvalue weighted by Crippen LogP contribution is 1.87. The van der Waals surface area contributed by atoms with Crippen molar-refractivity contribution >= 4 is 6.47 Å². The Morgan fingerprint density at radius 3 is 3.00 bits per heavy atom. The van der Waals surface area contributed by atoms with Gasteiger partial charge in [0.1, 0.15) is 0 Å². The molecule has 1 heterocycles. The third kappa shape index (κ3) is 1.96. The van der Waals surface area contributed by atoms with Gasteiger partial charge in [0.25, 0.3) is 12.0 Å². The monoisotopic (exact) mass is 156 g/mol. The molecule has 0 fully saturated rings. The molecule has 0 aliphatic rings. The summed E-state index contributed by atoms with van der Waals surface area (Å²) in [6, 6.07) is 0. The highest BCUT2D eigenvalue weighted by Gasteiger charge is 1.98. The molecule has 1 rings (SSSR count). The van der Waals surface area contributed by atoms with Gasteiger partial charge in [-0.2, -0.15) is 0 Å². The van der Waals surface area contributed by atoms with E-state index >= 15 is 0 Å².